The number of aromatic nitrogens is 1. The summed E-state index contributed by atoms with van der Waals surface area (Å²) in [6.07, 6.45) is 0.989. The van der Waals surface area contributed by atoms with E-state index >= 15 is 0 Å². The van der Waals surface area contributed by atoms with Gasteiger partial charge in [0.25, 0.3) is 0 Å². The summed E-state index contributed by atoms with van der Waals surface area (Å²) in [5.41, 5.74) is -0.558. The lowest BCUT2D eigenvalue weighted by Gasteiger charge is -2.14. The monoisotopic (exact) mass is 376 g/mol. The molecule has 2 rings (SSSR count). The van der Waals surface area contributed by atoms with Crippen molar-refractivity contribution in [1.29, 1.82) is 0 Å². The number of rotatable bonds is 4. The third-order valence-electron chi connectivity index (χ3n) is 2.68. The lowest BCUT2D eigenvalue weighted by Crippen LogP contribution is -2.08. The number of pyridine rings is 1. The first kappa shape index (κ1) is 15.7. The standard InChI is InChI=1S/C13H8BrClF2N2O2/c14-6-1-2-10(9(17)3-6)19-11-7(4-16)12(15)18-5-8(11)13(20)21/h1-3,5H,4H2,(H,18,19)(H,20,21). The Morgan fingerprint density at radius 1 is 1.48 bits per heavy atom. The van der Waals surface area contributed by atoms with Gasteiger partial charge in [0.15, 0.2) is 0 Å². The average Bonchev–Trinajstić information content (AvgIpc) is 2.41. The molecule has 2 aromatic rings. The zero-order chi connectivity index (χ0) is 15.6. The minimum atomic E-state index is -1.33. The van der Waals surface area contributed by atoms with Crippen LogP contribution in [0.15, 0.2) is 28.9 Å². The highest BCUT2D eigenvalue weighted by Crippen LogP contribution is 2.31. The van der Waals surface area contributed by atoms with Gasteiger partial charge in [-0.05, 0) is 18.2 Å². The molecule has 8 heteroatoms. The van der Waals surface area contributed by atoms with Crippen LogP contribution in [-0.4, -0.2) is 16.1 Å². The molecule has 0 atom stereocenters. The smallest absolute Gasteiger partial charge is 0.339 e. The first-order chi connectivity index (χ1) is 9.93. The van der Waals surface area contributed by atoms with Gasteiger partial charge in [0.2, 0.25) is 0 Å². The first-order valence-electron chi connectivity index (χ1n) is 5.62. The number of carbonyl (C=O) groups is 1. The number of nitrogens with one attached hydrogen (secondary N) is 1. The molecule has 2 N–H and O–H groups in total. The van der Waals surface area contributed by atoms with E-state index in [1.54, 1.807) is 6.07 Å². The van der Waals surface area contributed by atoms with Gasteiger partial charge in [-0.3, -0.25) is 0 Å². The van der Waals surface area contributed by atoms with Crippen LogP contribution in [0.1, 0.15) is 15.9 Å². The molecular weight excluding hydrogens is 370 g/mol. The highest BCUT2D eigenvalue weighted by atomic mass is 79.9. The topological polar surface area (TPSA) is 62.2 Å². The molecule has 0 aliphatic rings. The molecule has 1 aromatic heterocycles. The fourth-order valence-corrected chi connectivity index (χ4v) is 2.21. The Kier molecular flexibility index (Phi) is 4.74. The number of halogens is 4. The second kappa shape index (κ2) is 6.36. The molecule has 0 saturated heterocycles. The van der Waals surface area contributed by atoms with Crippen LogP contribution < -0.4 is 5.32 Å². The number of hydrogen-bond donors (Lipinski definition) is 2. The maximum absolute atomic E-state index is 13.8. The molecule has 1 aromatic carbocycles. The molecule has 110 valence electrons. The Labute approximate surface area is 131 Å². The van der Waals surface area contributed by atoms with Crippen molar-refractivity contribution in [2.75, 3.05) is 5.32 Å². The number of nitrogens with zero attached hydrogens (tertiary/aromatic N) is 1. The summed E-state index contributed by atoms with van der Waals surface area (Å²) in [6.45, 7) is -1.03. The highest BCUT2D eigenvalue weighted by Gasteiger charge is 2.19. The predicted molar refractivity (Wildman–Crippen MR) is 78.4 cm³/mol. The van der Waals surface area contributed by atoms with Crippen molar-refractivity contribution < 1.29 is 18.7 Å². The van der Waals surface area contributed by atoms with E-state index in [0.29, 0.717) is 4.47 Å². The Hall–Kier alpha value is -1.73. The molecule has 0 unspecified atom stereocenters. The summed E-state index contributed by atoms with van der Waals surface area (Å²) < 4.78 is 27.4. The number of benzene rings is 1. The number of hydrogen-bond acceptors (Lipinski definition) is 3. The lowest BCUT2D eigenvalue weighted by molar-refractivity contribution is 0.0697. The summed E-state index contributed by atoms with van der Waals surface area (Å²) in [7, 11) is 0. The Bertz CT molecular complexity index is 713. The molecule has 4 nitrogen and oxygen atoms in total. The summed E-state index contributed by atoms with van der Waals surface area (Å²) in [4.78, 5) is 14.8. The third-order valence-corrected chi connectivity index (χ3v) is 3.50. The number of anilines is 2. The van der Waals surface area contributed by atoms with E-state index in [0.717, 1.165) is 6.20 Å². The van der Waals surface area contributed by atoms with E-state index in [2.05, 4.69) is 26.2 Å². The summed E-state index contributed by atoms with van der Waals surface area (Å²) in [5.74, 6) is -1.95. The van der Waals surface area contributed by atoms with Gasteiger partial charge in [0, 0.05) is 16.2 Å². The van der Waals surface area contributed by atoms with Gasteiger partial charge in [0.05, 0.1) is 11.4 Å². The molecule has 0 saturated carbocycles. The molecule has 1 heterocycles. The summed E-state index contributed by atoms with van der Waals surface area (Å²) in [6, 6.07) is 4.14. The highest BCUT2D eigenvalue weighted by molar-refractivity contribution is 9.10. The van der Waals surface area contributed by atoms with Gasteiger partial charge in [-0.2, -0.15) is 0 Å². The lowest BCUT2D eigenvalue weighted by atomic mass is 10.1. The van der Waals surface area contributed by atoms with E-state index in [4.69, 9.17) is 16.7 Å². The van der Waals surface area contributed by atoms with Crippen molar-refractivity contribution in [3.05, 3.63) is 51.0 Å². The maximum Gasteiger partial charge on any atom is 0.339 e. The van der Waals surface area contributed by atoms with Crippen LogP contribution >= 0.6 is 27.5 Å². The van der Waals surface area contributed by atoms with Gasteiger partial charge in [-0.15, -0.1) is 0 Å². The Balaban J connectivity index is 2.56. The van der Waals surface area contributed by atoms with Gasteiger partial charge in [-0.1, -0.05) is 27.5 Å². The third kappa shape index (κ3) is 3.30. The van der Waals surface area contributed by atoms with Crippen LogP contribution in [-0.2, 0) is 6.67 Å². The van der Waals surface area contributed by atoms with Crippen LogP contribution in [0.5, 0.6) is 0 Å². The van der Waals surface area contributed by atoms with Gasteiger partial charge < -0.3 is 10.4 Å². The van der Waals surface area contributed by atoms with Crippen molar-refractivity contribution in [3.8, 4) is 0 Å². The Morgan fingerprint density at radius 2 is 2.19 bits per heavy atom. The predicted octanol–water partition coefficient (Wildman–Crippen LogP) is 4.55. The quantitative estimate of drug-likeness (QED) is 0.768. The van der Waals surface area contributed by atoms with E-state index in [1.807, 2.05) is 0 Å². The van der Waals surface area contributed by atoms with Crippen molar-refractivity contribution >= 4 is 44.9 Å². The molecular formula is C13H8BrClF2N2O2. The molecule has 0 spiro atoms. The summed E-state index contributed by atoms with van der Waals surface area (Å²) in [5, 5.41) is 11.5. The van der Waals surface area contributed by atoms with Crippen LogP contribution in [0.25, 0.3) is 0 Å². The fourth-order valence-electron chi connectivity index (χ4n) is 1.68. The second-order valence-corrected chi connectivity index (χ2v) is 5.28. The van der Waals surface area contributed by atoms with Gasteiger partial charge in [0.1, 0.15) is 23.2 Å². The van der Waals surface area contributed by atoms with Crippen LogP contribution in [0.2, 0.25) is 5.15 Å². The van der Waals surface area contributed by atoms with Crippen LogP contribution in [0.3, 0.4) is 0 Å². The molecule has 0 bridgehead atoms. The molecule has 0 fully saturated rings. The van der Waals surface area contributed by atoms with Gasteiger partial charge >= 0.3 is 5.97 Å². The molecule has 21 heavy (non-hydrogen) atoms. The maximum atomic E-state index is 13.8. The molecule has 0 aliphatic carbocycles. The fraction of sp³-hybridized carbons (Fsp3) is 0.0769. The van der Waals surface area contributed by atoms with Gasteiger partial charge in [-0.25, -0.2) is 18.6 Å². The largest absolute Gasteiger partial charge is 0.478 e. The van der Waals surface area contributed by atoms with E-state index < -0.39 is 18.5 Å². The normalized spacial score (nSPS) is 10.5. The summed E-state index contributed by atoms with van der Waals surface area (Å²) >= 11 is 8.86. The SMILES string of the molecule is O=C(O)c1cnc(Cl)c(CF)c1Nc1ccc(Br)cc1F. The Morgan fingerprint density at radius 3 is 2.76 bits per heavy atom. The number of alkyl halides is 1. The number of carboxylic acid groups (broad SMARTS) is 1. The zero-order valence-corrected chi connectivity index (χ0v) is 12.7. The van der Waals surface area contributed by atoms with Crippen molar-refractivity contribution in [1.82, 2.24) is 4.98 Å². The van der Waals surface area contributed by atoms with Crippen LogP contribution in [0.4, 0.5) is 20.2 Å². The first-order valence-corrected chi connectivity index (χ1v) is 6.79. The van der Waals surface area contributed by atoms with E-state index in [-0.39, 0.29) is 27.7 Å². The average molecular weight is 378 g/mol. The molecule has 0 radical (unpaired) electrons. The minimum Gasteiger partial charge on any atom is -0.478 e. The van der Waals surface area contributed by atoms with Crippen LogP contribution in [0, 0.1) is 5.82 Å². The molecule has 0 aliphatic heterocycles. The van der Waals surface area contributed by atoms with E-state index in [9.17, 15) is 13.6 Å². The van der Waals surface area contributed by atoms with Crippen molar-refractivity contribution in [2.24, 2.45) is 0 Å². The minimum absolute atomic E-state index is 0.00216. The zero-order valence-electron chi connectivity index (χ0n) is 10.3. The van der Waals surface area contributed by atoms with E-state index in [1.165, 1.54) is 12.1 Å². The number of aromatic carboxylic acids is 1. The number of carboxylic acids is 1. The molecule has 0 amide bonds. The van der Waals surface area contributed by atoms with Crippen molar-refractivity contribution in [2.45, 2.75) is 6.67 Å². The van der Waals surface area contributed by atoms with Crippen molar-refractivity contribution in [3.63, 3.8) is 0 Å². The second-order valence-electron chi connectivity index (χ2n) is 4.00.